The molecule has 1 amide bonds. The van der Waals surface area contributed by atoms with Crippen LogP contribution >= 0.6 is 0 Å². The molecule has 1 aromatic carbocycles. The van der Waals surface area contributed by atoms with Gasteiger partial charge in [0.05, 0.1) is 17.7 Å². The number of amides is 1. The van der Waals surface area contributed by atoms with E-state index in [4.69, 9.17) is 5.11 Å². The maximum Gasteiger partial charge on any atom is 0.305 e. The van der Waals surface area contributed by atoms with Crippen molar-refractivity contribution in [2.24, 2.45) is 0 Å². The number of rotatable bonds is 6. The zero-order valence-corrected chi connectivity index (χ0v) is 12.3. The van der Waals surface area contributed by atoms with E-state index in [1.54, 1.807) is 0 Å². The first-order valence-electron chi connectivity index (χ1n) is 7.00. The van der Waals surface area contributed by atoms with Crippen LogP contribution in [-0.2, 0) is 4.79 Å². The Morgan fingerprint density at radius 1 is 1.23 bits per heavy atom. The summed E-state index contributed by atoms with van der Waals surface area (Å²) in [7, 11) is 0. The van der Waals surface area contributed by atoms with Gasteiger partial charge >= 0.3 is 5.97 Å². The van der Waals surface area contributed by atoms with Gasteiger partial charge in [-0.05, 0) is 6.92 Å². The van der Waals surface area contributed by atoms with E-state index in [1.807, 2.05) is 37.3 Å². The number of hydrogen-bond acceptors (Lipinski definition) is 4. The Balaban J connectivity index is 2.31. The lowest BCUT2D eigenvalue weighted by molar-refractivity contribution is -0.137. The van der Waals surface area contributed by atoms with Crippen LogP contribution in [-0.4, -0.2) is 44.9 Å². The van der Waals surface area contributed by atoms with Gasteiger partial charge in [0.15, 0.2) is 0 Å². The fraction of sp³-hybridized carbons (Fsp3) is 0.250. The summed E-state index contributed by atoms with van der Waals surface area (Å²) in [5, 5.41) is 8.78. The largest absolute Gasteiger partial charge is 0.481 e. The van der Waals surface area contributed by atoms with Crippen molar-refractivity contribution in [1.82, 2.24) is 14.9 Å². The summed E-state index contributed by atoms with van der Waals surface area (Å²) >= 11 is 0. The van der Waals surface area contributed by atoms with Gasteiger partial charge < -0.3 is 10.0 Å². The Morgan fingerprint density at radius 2 is 1.95 bits per heavy atom. The van der Waals surface area contributed by atoms with Crippen molar-refractivity contribution in [2.75, 3.05) is 13.1 Å². The zero-order chi connectivity index (χ0) is 15.9. The highest BCUT2D eigenvalue weighted by Gasteiger charge is 2.20. The van der Waals surface area contributed by atoms with Crippen molar-refractivity contribution in [3.63, 3.8) is 0 Å². The molecule has 2 aromatic rings. The molecule has 6 heteroatoms. The molecule has 0 bridgehead atoms. The number of carboxylic acids is 1. The van der Waals surface area contributed by atoms with Gasteiger partial charge in [-0.1, -0.05) is 30.3 Å². The smallest absolute Gasteiger partial charge is 0.305 e. The first kappa shape index (κ1) is 15.6. The molecule has 2 rings (SSSR count). The van der Waals surface area contributed by atoms with Gasteiger partial charge in [0.25, 0.3) is 5.91 Å². The summed E-state index contributed by atoms with van der Waals surface area (Å²) in [6.07, 6.45) is 2.78. The number of carbonyl (C=O) groups is 2. The van der Waals surface area contributed by atoms with Gasteiger partial charge in [0.2, 0.25) is 0 Å². The number of aliphatic carboxylic acids is 1. The molecule has 0 aliphatic rings. The summed E-state index contributed by atoms with van der Waals surface area (Å²) in [6.45, 7) is 2.40. The van der Waals surface area contributed by atoms with Crippen molar-refractivity contribution in [3.8, 4) is 11.3 Å². The third-order valence-electron chi connectivity index (χ3n) is 3.25. The Kier molecular flexibility index (Phi) is 5.19. The number of hydrogen-bond donors (Lipinski definition) is 1. The second-order valence-electron chi connectivity index (χ2n) is 4.68. The molecule has 1 heterocycles. The maximum absolute atomic E-state index is 12.6. The first-order chi connectivity index (χ1) is 10.6. The van der Waals surface area contributed by atoms with Gasteiger partial charge in [-0.15, -0.1) is 0 Å². The van der Waals surface area contributed by atoms with Crippen LogP contribution in [0.1, 0.15) is 23.7 Å². The lowest BCUT2D eigenvalue weighted by Gasteiger charge is -2.21. The average Bonchev–Trinajstić information content (AvgIpc) is 2.56. The lowest BCUT2D eigenvalue weighted by atomic mass is 10.1. The minimum absolute atomic E-state index is 0.0893. The summed E-state index contributed by atoms with van der Waals surface area (Å²) in [5.41, 5.74) is 1.75. The SMILES string of the molecule is CCN(CCC(=O)O)C(=O)c1cncnc1-c1ccccc1. The summed E-state index contributed by atoms with van der Waals surface area (Å²) < 4.78 is 0. The van der Waals surface area contributed by atoms with E-state index in [1.165, 1.54) is 17.4 Å². The second kappa shape index (κ2) is 7.31. The first-order valence-corrected chi connectivity index (χ1v) is 7.00. The van der Waals surface area contributed by atoms with Crippen LogP contribution < -0.4 is 0 Å². The van der Waals surface area contributed by atoms with E-state index < -0.39 is 5.97 Å². The molecule has 6 nitrogen and oxygen atoms in total. The molecule has 0 aliphatic carbocycles. The number of carboxylic acid groups (broad SMARTS) is 1. The third kappa shape index (κ3) is 3.66. The molecule has 0 radical (unpaired) electrons. The van der Waals surface area contributed by atoms with Crippen LogP contribution in [0.3, 0.4) is 0 Å². The quantitative estimate of drug-likeness (QED) is 0.883. The molecule has 0 saturated carbocycles. The molecule has 0 saturated heterocycles. The molecular formula is C16H17N3O3. The fourth-order valence-electron chi connectivity index (χ4n) is 2.12. The molecule has 1 N–H and O–H groups in total. The van der Waals surface area contributed by atoms with E-state index >= 15 is 0 Å². The minimum Gasteiger partial charge on any atom is -0.481 e. The molecule has 1 aromatic heterocycles. The number of nitrogens with zero attached hydrogens (tertiary/aromatic N) is 3. The standard InChI is InChI=1S/C16H17N3O3/c1-2-19(9-8-14(20)21)16(22)13-10-17-11-18-15(13)12-6-4-3-5-7-12/h3-7,10-11H,2,8-9H2,1H3,(H,20,21). The minimum atomic E-state index is -0.932. The predicted octanol–water partition coefficient (Wildman–Crippen LogP) is 2.08. The van der Waals surface area contributed by atoms with E-state index in [-0.39, 0.29) is 18.9 Å². The van der Waals surface area contributed by atoms with E-state index in [0.29, 0.717) is 17.8 Å². The predicted molar refractivity (Wildman–Crippen MR) is 81.3 cm³/mol. The Hall–Kier alpha value is -2.76. The van der Waals surface area contributed by atoms with Crippen LogP contribution in [0.25, 0.3) is 11.3 Å². The molecule has 0 spiro atoms. The average molecular weight is 299 g/mol. The zero-order valence-electron chi connectivity index (χ0n) is 12.3. The van der Waals surface area contributed by atoms with Crippen molar-refractivity contribution in [1.29, 1.82) is 0 Å². The topological polar surface area (TPSA) is 83.4 Å². The van der Waals surface area contributed by atoms with Gasteiger partial charge in [0.1, 0.15) is 6.33 Å². The van der Waals surface area contributed by atoms with Crippen molar-refractivity contribution < 1.29 is 14.7 Å². The van der Waals surface area contributed by atoms with Crippen molar-refractivity contribution >= 4 is 11.9 Å². The van der Waals surface area contributed by atoms with Crippen LogP contribution in [0, 0.1) is 0 Å². The van der Waals surface area contributed by atoms with Crippen LogP contribution in [0.2, 0.25) is 0 Å². The molecule has 0 aliphatic heterocycles. The van der Waals surface area contributed by atoms with E-state index in [9.17, 15) is 9.59 Å². The second-order valence-corrected chi connectivity index (χ2v) is 4.68. The van der Waals surface area contributed by atoms with Crippen LogP contribution in [0.4, 0.5) is 0 Å². The molecule has 0 fully saturated rings. The van der Waals surface area contributed by atoms with Crippen molar-refractivity contribution in [3.05, 3.63) is 48.4 Å². The fourth-order valence-corrected chi connectivity index (χ4v) is 2.12. The molecular weight excluding hydrogens is 282 g/mol. The Labute approximate surface area is 128 Å². The van der Waals surface area contributed by atoms with E-state index in [0.717, 1.165) is 5.56 Å². The lowest BCUT2D eigenvalue weighted by Crippen LogP contribution is -2.33. The third-order valence-corrected chi connectivity index (χ3v) is 3.25. The molecule has 0 atom stereocenters. The van der Waals surface area contributed by atoms with Gasteiger partial charge in [-0.25, -0.2) is 9.97 Å². The number of aromatic nitrogens is 2. The summed E-state index contributed by atoms with van der Waals surface area (Å²) in [4.78, 5) is 33.0. The van der Waals surface area contributed by atoms with E-state index in [2.05, 4.69) is 9.97 Å². The normalized spacial score (nSPS) is 10.2. The Morgan fingerprint density at radius 3 is 2.59 bits per heavy atom. The number of carbonyl (C=O) groups excluding carboxylic acids is 1. The van der Waals surface area contributed by atoms with Gasteiger partial charge in [-0.2, -0.15) is 0 Å². The Bertz CT molecular complexity index is 659. The summed E-state index contributed by atoms with van der Waals surface area (Å²) in [6, 6.07) is 9.36. The van der Waals surface area contributed by atoms with Crippen molar-refractivity contribution in [2.45, 2.75) is 13.3 Å². The van der Waals surface area contributed by atoms with Crippen LogP contribution in [0.5, 0.6) is 0 Å². The highest BCUT2D eigenvalue weighted by molar-refractivity contribution is 5.99. The highest BCUT2D eigenvalue weighted by atomic mass is 16.4. The van der Waals surface area contributed by atoms with Gasteiger partial charge in [-0.3, -0.25) is 9.59 Å². The number of benzene rings is 1. The molecule has 0 unspecified atom stereocenters. The highest BCUT2D eigenvalue weighted by Crippen LogP contribution is 2.21. The molecule has 22 heavy (non-hydrogen) atoms. The monoisotopic (exact) mass is 299 g/mol. The van der Waals surface area contributed by atoms with Gasteiger partial charge in [0, 0.05) is 24.8 Å². The maximum atomic E-state index is 12.6. The summed E-state index contributed by atoms with van der Waals surface area (Å²) in [5.74, 6) is -1.19. The van der Waals surface area contributed by atoms with Crippen LogP contribution in [0.15, 0.2) is 42.9 Å². The molecule has 114 valence electrons.